The van der Waals surface area contributed by atoms with Crippen LogP contribution in [0.5, 0.6) is 11.5 Å². The van der Waals surface area contributed by atoms with Crippen LogP contribution in [0.25, 0.3) is 6.08 Å². The number of carbonyl (C=O) groups is 1. The average Bonchev–Trinajstić information content (AvgIpc) is 2.91. The maximum atomic E-state index is 12.1. The van der Waals surface area contributed by atoms with E-state index in [-0.39, 0.29) is 11.7 Å². The van der Waals surface area contributed by atoms with E-state index in [9.17, 15) is 9.90 Å². The molecule has 1 fully saturated rings. The summed E-state index contributed by atoms with van der Waals surface area (Å²) in [4.78, 5) is 17.0. The molecule has 0 aromatic heterocycles. The fourth-order valence-electron chi connectivity index (χ4n) is 2.10. The smallest absolute Gasteiger partial charge is 0.264 e. The first kappa shape index (κ1) is 16.6. The number of thioether (sulfide) groups is 1. The third-order valence-electron chi connectivity index (χ3n) is 3.21. The molecular formula is C17H13BrN2O3S. The monoisotopic (exact) mass is 404 g/mol. The lowest BCUT2D eigenvalue weighted by atomic mass is 10.1. The quantitative estimate of drug-likeness (QED) is 0.756. The molecule has 0 saturated carbocycles. The summed E-state index contributed by atoms with van der Waals surface area (Å²) < 4.78 is 5.86. The maximum absolute atomic E-state index is 12.1. The van der Waals surface area contributed by atoms with E-state index < -0.39 is 0 Å². The third kappa shape index (κ3) is 3.63. The molecule has 24 heavy (non-hydrogen) atoms. The molecule has 122 valence electrons. The Hall–Kier alpha value is -2.25. The molecule has 0 aliphatic carbocycles. The van der Waals surface area contributed by atoms with Crippen molar-refractivity contribution in [2.45, 2.75) is 0 Å². The Kier molecular flexibility index (Phi) is 4.92. The van der Waals surface area contributed by atoms with Gasteiger partial charge in [0, 0.05) is 10.0 Å². The fraction of sp³-hybridized carbons (Fsp3) is 0.0588. The van der Waals surface area contributed by atoms with Crippen LogP contribution in [0.15, 0.2) is 56.8 Å². The van der Waals surface area contributed by atoms with Crippen LogP contribution in [0.2, 0.25) is 0 Å². The molecule has 1 heterocycles. The summed E-state index contributed by atoms with van der Waals surface area (Å²) in [5.41, 5.74) is 1.24. The highest BCUT2D eigenvalue weighted by molar-refractivity contribution is 9.10. The van der Waals surface area contributed by atoms with Crippen LogP contribution in [-0.4, -0.2) is 23.3 Å². The van der Waals surface area contributed by atoms with Crippen molar-refractivity contribution >= 4 is 50.5 Å². The molecule has 5 nitrogen and oxygen atoms in total. The van der Waals surface area contributed by atoms with E-state index in [0.717, 1.165) is 10.2 Å². The van der Waals surface area contributed by atoms with Gasteiger partial charge in [0.1, 0.15) is 0 Å². The van der Waals surface area contributed by atoms with Crippen LogP contribution >= 0.6 is 27.7 Å². The van der Waals surface area contributed by atoms with Crippen molar-refractivity contribution in [1.29, 1.82) is 0 Å². The number of phenols is 1. The van der Waals surface area contributed by atoms with E-state index in [1.54, 1.807) is 18.2 Å². The van der Waals surface area contributed by atoms with E-state index in [0.29, 0.717) is 21.4 Å². The molecule has 0 radical (unpaired) electrons. The number of methoxy groups -OCH3 is 1. The first-order chi connectivity index (χ1) is 11.6. The van der Waals surface area contributed by atoms with Gasteiger partial charge in [0.25, 0.3) is 5.91 Å². The Bertz CT molecular complexity index is 850. The molecule has 1 aliphatic rings. The summed E-state index contributed by atoms with van der Waals surface area (Å²) in [5, 5.41) is 13.4. The van der Waals surface area contributed by atoms with Gasteiger partial charge in [-0.15, -0.1) is 0 Å². The molecule has 3 rings (SSSR count). The first-order valence-electron chi connectivity index (χ1n) is 6.98. The lowest BCUT2D eigenvalue weighted by Crippen LogP contribution is -2.19. The van der Waals surface area contributed by atoms with Crippen molar-refractivity contribution < 1.29 is 14.6 Å². The van der Waals surface area contributed by atoms with Crippen molar-refractivity contribution in [3.63, 3.8) is 0 Å². The molecule has 1 amide bonds. The van der Waals surface area contributed by atoms with Gasteiger partial charge < -0.3 is 15.2 Å². The number of nitrogens with one attached hydrogen (secondary N) is 1. The number of amides is 1. The lowest BCUT2D eigenvalue weighted by molar-refractivity contribution is -0.115. The summed E-state index contributed by atoms with van der Waals surface area (Å²) in [7, 11) is 1.47. The van der Waals surface area contributed by atoms with Gasteiger partial charge in [-0.1, -0.05) is 34.1 Å². The van der Waals surface area contributed by atoms with Gasteiger partial charge in [0.2, 0.25) is 0 Å². The van der Waals surface area contributed by atoms with Crippen LogP contribution in [0.4, 0.5) is 5.69 Å². The summed E-state index contributed by atoms with van der Waals surface area (Å²) in [6.07, 6.45) is 1.61. The minimum absolute atomic E-state index is 0.0185. The van der Waals surface area contributed by atoms with E-state index in [1.807, 2.05) is 30.3 Å². The average molecular weight is 405 g/mol. The number of halogens is 1. The number of hydrogen-bond donors (Lipinski definition) is 2. The number of nitrogens with zero attached hydrogens (tertiary/aromatic N) is 1. The van der Waals surface area contributed by atoms with Gasteiger partial charge in [-0.3, -0.25) is 4.79 Å². The van der Waals surface area contributed by atoms with Crippen molar-refractivity contribution in [2.24, 2.45) is 4.99 Å². The first-order valence-corrected chi connectivity index (χ1v) is 8.59. The van der Waals surface area contributed by atoms with Crippen molar-refractivity contribution in [1.82, 2.24) is 5.32 Å². The molecule has 1 saturated heterocycles. The number of rotatable bonds is 3. The van der Waals surface area contributed by atoms with Gasteiger partial charge in [-0.25, -0.2) is 4.99 Å². The molecule has 1 aliphatic heterocycles. The van der Waals surface area contributed by atoms with Crippen LogP contribution < -0.4 is 10.1 Å². The van der Waals surface area contributed by atoms with E-state index in [1.165, 1.54) is 18.9 Å². The van der Waals surface area contributed by atoms with Crippen LogP contribution in [0, 0.1) is 0 Å². The van der Waals surface area contributed by atoms with Gasteiger partial charge in [0.15, 0.2) is 16.7 Å². The number of aromatic hydroxyl groups is 1. The number of aliphatic imine (C=N–C) groups is 1. The minimum atomic E-state index is -0.256. The van der Waals surface area contributed by atoms with Gasteiger partial charge >= 0.3 is 0 Å². The minimum Gasteiger partial charge on any atom is -0.504 e. The Morgan fingerprint density at radius 1 is 1.29 bits per heavy atom. The van der Waals surface area contributed by atoms with E-state index >= 15 is 0 Å². The molecular weight excluding hydrogens is 392 g/mol. The van der Waals surface area contributed by atoms with Crippen LogP contribution in [0.1, 0.15) is 5.56 Å². The number of benzene rings is 2. The standard InChI is InChI=1S/C17H13BrN2O3S/c1-23-13-9-11(18)7-10(15(13)21)8-14-16(22)20-17(24-14)19-12-5-3-2-4-6-12/h2-9,21H,1H3,(H,19,20,22)/b14-8-. The normalized spacial score (nSPS) is 17.3. The molecule has 7 heteroatoms. The van der Waals surface area contributed by atoms with Crippen molar-refractivity contribution in [3.05, 3.63) is 57.4 Å². The zero-order chi connectivity index (χ0) is 17.1. The van der Waals surface area contributed by atoms with E-state index in [2.05, 4.69) is 26.2 Å². The summed E-state index contributed by atoms with van der Waals surface area (Å²) in [5.74, 6) is 0.0564. The highest BCUT2D eigenvalue weighted by Gasteiger charge is 2.24. The maximum Gasteiger partial charge on any atom is 0.264 e. The predicted octanol–water partition coefficient (Wildman–Crippen LogP) is 4.05. The number of phenolic OH excluding ortho intramolecular Hbond substituents is 1. The summed E-state index contributed by atoms with van der Waals surface area (Å²) in [6.45, 7) is 0. The number of amidine groups is 1. The molecule has 2 N–H and O–H groups in total. The molecule has 0 spiro atoms. The molecule has 0 atom stereocenters. The van der Waals surface area contributed by atoms with Gasteiger partial charge in [-0.05, 0) is 42.1 Å². The zero-order valence-corrected chi connectivity index (χ0v) is 15.0. The Balaban J connectivity index is 1.91. The van der Waals surface area contributed by atoms with Crippen LogP contribution in [0.3, 0.4) is 0 Å². The number of para-hydroxylation sites is 1. The fourth-order valence-corrected chi connectivity index (χ4v) is 3.39. The molecule has 0 bridgehead atoms. The number of hydrogen-bond acceptors (Lipinski definition) is 5. The number of carbonyl (C=O) groups excluding carboxylic acids is 1. The number of ether oxygens (including phenoxy) is 1. The van der Waals surface area contributed by atoms with Gasteiger partial charge in [-0.2, -0.15) is 0 Å². The van der Waals surface area contributed by atoms with Gasteiger partial charge in [0.05, 0.1) is 17.7 Å². The predicted molar refractivity (Wildman–Crippen MR) is 99.6 cm³/mol. The topological polar surface area (TPSA) is 70.9 Å². The Morgan fingerprint density at radius 2 is 2.04 bits per heavy atom. The summed E-state index contributed by atoms with van der Waals surface area (Å²) in [6, 6.07) is 12.7. The molecule has 0 unspecified atom stereocenters. The van der Waals surface area contributed by atoms with E-state index in [4.69, 9.17) is 4.74 Å². The third-order valence-corrected chi connectivity index (χ3v) is 4.58. The second-order valence-corrected chi connectivity index (χ2v) is 6.81. The zero-order valence-electron chi connectivity index (χ0n) is 12.6. The lowest BCUT2D eigenvalue weighted by Gasteiger charge is -2.07. The second-order valence-electron chi connectivity index (χ2n) is 4.86. The highest BCUT2D eigenvalue weighted by Crippen LogP contribution is 2.37. The Morgan fingerprint density at radius 3 is 2.75 bits per heavy atom. The second kappa shape index (κ2) is 7.11. The van der Waals surface area contributed by atoms with Crippen molar-refractivity contribution in [3.8, 4) is 11.5 Å². The molecule has 2 aromatic carbocycles. The summed E-state index contributed by atoms with van der Waals surface area (Å²) >= 11 is 4.58. The Labute approximate surface area is 151 Å². The molecule has 2 aromatic rings. The van der Waals surface area contributed by atoms with Crippen LogP contribution in [-0.2, 0) is 4.79 Å². The largest absolute Gasteiger partial charge is 0.504 e. The van der Waals surface area contributed by atoms with Crippen molar-refractivity contribution in [2.75, 3.05) is 7.11 Å². The highest BCUT2D eigenvalue weighted by atomic mass is 79.9. The SMILES string of the molecule is COc1cc(Br)cc(/C=C2\SC(=Nc3ccccc3)NC2=O)c1O.